The van der Waals surface area contributed by atoms with Crippen molar-refractivity contribution in [2.75, 3.05) is 31.1 Å². The second kappa shape index (κ2) is 10.1. The minimum Gasteiger partial charge on any atom is -0.353 e. The number of ketones is 1. The maximum absolute atomic E-state index is 13.4. The summed E-state index contributed by atoms with van der Waals surface area (Å²) in [6.45, 7) is 4.17. The average molecular weight is 481 g/mol. The molecule has 1 aliphatic heterocycles. The lowest BCUT2D eigenvalue weighted by Gasteiger charge is -2.35. The highest BCUT2D eigenvalue weighted by molar-refractivity contribution is 6.15. The van der Waals surface area contributed by atoms with Crippen LogP contribution in [0.3, 0.4) is 0 Å². The first-order valence-corrected chi connectivity index (χ1v) is 11.8. The summed E-state index contributed by atoms with van der Waals surface area (Å²) in [7, 11) is 0. The second-order valence-electron chi connectivity index (χ2n) is 8.79. The minimum absolute atomic E-state index is 0.152. The molecule has 0 spiro atoms. The Hall–Kier alpha value is -4.39. The van der Waals surface area contributed by atoms with Gasteiger partial charge in [0.15, 0.2) is 5.78 Å². The third kappa shape index (κ3) is 4.86. The van der Waals surface area contributed by atoms with Gasteiger partial charge in [-0.3, -0.25) is 9.59 Å². The van der Waals surface area contributed by atoms with Crippen LogP contribution in [0, 0.1) is 12.7 Å². The maximum atomic E-state index is 13.4. The number of nitrogens with zero attached hydrogens (tertiary/aromatic N) is 4. The number of piperazine rings is 1. The predicted molar refractivity (Wildman–Crippen MR) is 137 cm³/mol. The summed E-state index contributed by atoms with van der Waals surface area (Å²) in [5.41, 5.74) is 3.98. The minimum atomic E-state index is -0.295. The lowest BCUT2D eigenvalue weighted by molar-refractivity contribution is 0.0742. The zero-order valence-electron chi connectivity index (χ0n) is 19.9. The molecule has 0 bridgehead atoms. The molecule has 5 rings (SSSR count). The van der Waals surface area contributed by atoms with Gasteiger partial charge in [0.25, 0.3) is 5.91 Å². The van der Waals surface area contributed by atoms with E-state index < -0.39 is 0 Å². The molecule has 3 aromatic carbocycles. The fourth-order valence-electron chi connectivity index (χ4n) is 4.34. The number of benzene rings is 3. The lowest BCUT2D eigenvalue weighted by Crippen LogP contribution is -2.49. The molecule has 2 heterocycles. The van der Waals surface area contributed by atoms with E-state index in [1.807, 2.05) is 25.1 Å². The lowest BCUT2D eigenvalue weighted by atomic mass is 9.97. The van der Waals surface area contributed by atoms with Gasteiger partial charge in [0.1, 0.15) is 18.0 Å². The van der Waals surface area contributed by atoms with Crippen LogP contribution in [0.4, 0.5) is 10.2 Å². The molecule has 36 heavy (non-hydrogen) atoms. The Morgan fingerprint density at radius 1 is 0.806 bits per heavy atom. The fraction of sp³-hybridized carbons (Fsp3) is 0.172. The van der Waals surface area contributed by atoms with Gasteiger partial charge in [-0.25, -0.2) is 14.4 Å². The van der Waals surface area contributed by atoms with E-state index >= 15 is 0 Å². The highest BCUT2D eigenvalue weighted by Crippen LogP contribution is 2.23. The van der Waals surface area contributed by atoms with Crippen LogP contribution in [-0.4, -0.2) is 52.7 Å². The van der Waals surface area contributed by atoms with Crippen LogP contribution in [0.2, 0.25) is 0 Å². The van der Waals surface area contributed by atoms with Crippen molar-refractivity contribution in [3.8, 4) is 11.3 Å². The van der Waals surface area contributed by atoms with Crippen molar-refractivity contribution in [2.24, 2.45) is 0 Å². The number of aromatic nitrogens is 2. The van der Waals surface area contributed by atoms with Gasteiger partial charge in [0, 0.05) is 48.9 Å². The monoisotopic (exact) mass is 480 g/mol. The van der Waals surface area contributed by atoms with Gasteiger partial charge in [0.2, 0.25) is 0 Å². The van der Waals surface area contributed by atoms with Gasteiger partial charge in [-0.15, -0.1) is 0 Å². The molecular formula is C29H25FN4O2. The topological polar surface area (TPSA) is 66.4 Å². The molecule has 1 aromatic heterocycles. The Morgan fingerprint density at radius 2 is 1.47 bits per heavy atom. The van der Waals surface area contributed by atoms with E-state index in [9.17, 15) is 14.0 Å². The van der Waals surface area contributed by atoms with Crippen LogP contribution < -0.4 is 4.90 Å². The first kappa shape index (κ1) is 23.4. The first-order chi connectivity index (χ1) is 17.5. The summed E-state index contributed by atoms with van der Waals surface area (Å²) in [5.74, 6) is 0.148. The van der Waals surface area contributed by atoms with E-state index in [-0.39, 0.29) is 17.5 Å². The number of hydrogen-bond acceptors (Lipinski definition) is 5. The second-order valence-corrected chi connectivity index (χ2v) is 8.79. The molecular weight excluding hydrogens is 455 g/mol. The van der Waals surface area contributed by atoms with Gasteiger partial charge < -0.3 is 9.80 Å². The molecule has 6 nitrogen and oxygen atoms in total. The molecule has 1 aliphatic rings. The van der Waals surface area contributed by atoms with E-state index in [0.717, 1.165) is 16.9 Å². The van der Waals surface area contributed by atoms with E-state index in [1.54, 1.807) is 53.4 Å². The molecule has 0 saturated carbocycles. The predicted octanol–water partition coefficient (Wildman–Crippen LogP) is 4.78. The fourth-order valence-corrected chi connectivity index (χ4v) is 4.34. The number of carbonyl (C=O) groups excluding carboxylic acids is 2. The van der Waals surface area contributed by atoms with Crippen LogP contribution in [0.1, 0.15) is 31.8 Å². The van der Waals surface area contributed by atoms with Gasteiger partial charge in [-0.1, -0.05) is 48.0 Å². The number of hydrogen-bond donors (Lipinski definition) is 0. The van der Waals surface area contributed by atoms with E-state index in [4.69, 9.17) is 0 Å². The molecule has 180 valence electrons. The summed E-state index contributed by atoms with van der Waals surface area (Å²) in [6.07, 6.45) is 1.50. The van der Waals surface area contributed by atoms with Crippen molar-refractivity contribution in [1.82, 2.24) is 14.9 Å². The summed E-state index contributed by atoms with van der Waals surface area (Å²) in [5, 5.41) is 0. The van der Waals surface area contributed by atoms with Gasteiger partial charge in [0.05, 0.1) is 11.3 Å². The molecule has 0 atom stereocenters. The summed E-state index contributed by atoms with van der Waals surface area (Å²) in [6, 6.07) is 22.4. The molecule has 1 saturated heterocycles. The van der Waals surface area contributed by atoms with Crippen LogP contribution in [0.15, 0.2) is 85.2 Å². The molecule has 0 N–H and O–H groups in total. The quantitative estimate of drug-likeness (QED) is 0.385. The van der Waals surface area contributed by atoms with Crippen LogP contribution >= 0.6 is 0 Å². The molecule has 1 fully saturated rings. The molecule has 4 aromatic rings. The number of carbonyl (C=O) groups is 2. The number of amides is 1. The summed E-state index contributed by atoms with van der Waals surface area (Å²) in [4.78, 5) is 39.2. The Labute approximate surface area is 209 Å². The zero-order valence-corrected chi connectivity index (χ0v) is 19.9. The molecule has 7 heteroatoms. The highest BCUT2D eigenvalue weighted by Gasteiger charge is 2.26. The standard InChI is InChI=1S/C29H25FN4O2/c1-20-6-8-22(9-7-20)28(35)24-4-2-3-5-25(24)29(36)34-16-14-33(15-17-34)27-18-26(31-19-32-27)21-10-12-23(30)13-11-21/h2-13,18-19H,14-17H2,1H3. The zero-order chi connectivity index (χ0) is 25.1. The van der Waals surface area contributed by atoms with E-state index in [1.165, 1.54) is 18.5 Å². The Kier molecular flexibility index (Phi) is 6.54. The molecule has 1 amide bonds. The van der Waals surface area contributed by atoms with Crippen LogP contribution in [-0.2, 0) is 0 Å². The van der Waals surface area contributed by atoms with E-state index in [2.05, 4.69) is 14.9 Å². The Morgan fingerprint density at radius 3 is 2.17 bits per heavy atom. The Bertz CT molecular complexity index is 1400. The van der Waals surface area contributed by atoms with Crippen molar-refractivity contribution >= 4 is 17.5 Å². The third-order valence-corrected chi connectivity index (χ3v) is 6.40. The first-order valence-electron chi connectivity index (χ1n) is 11.8. The van der Waals surface area contributed by atoms with Gasteiger partial charge in [-0.2, -0.15) is 0 Å². The van der Waals surface area contributed by atoms with Gasteiger partial charge >= 0.3 is 0 Å². The molecule has 0 unspecified atom stereocenters. The number of halogens is 1. The largest absolute Gasteiger partial charge is 0.353 e. The van der Waals surface area contributed by atoms with E-state index in [0.29, 0.717) is 48.6 Å². The molecule has 0 aliphatic carbocycles. The maximum Gasteiger partial charge on any atom is 0.254 e. The third-order valence-electron chi connectivity index (χ3n) is 6.40. The van der Waals surface area contributed by atoms with Crippen molar-refractivity contribution in [2.45, 2.75) is 6.92 Å². The van der Waals surface area contributed by atoms with Crippen LogP contribution in [0.5, 0.6) is 0 Å². The summed E-state index contributed by atoms with van der Waals surface area (Å²) < 4.78 is 13.3. The number of rotatable bonds is 5. The SMILES string of the molecule is Cc1ccc(C(=O)c2ccccc2C(=O)N2CCN(c3cc(-c4ccc(F)cc4)ncn3)CC2)cc1. The van der Waals surface area contributed by atoms with Crippen molar-refractivity contribution < 1.29 is 14.0 Å². The van der Waals surface area contributed by atoms with Gasteiger partial charge in [-0.05, 0) is 37.3 Å². The Balaban J connectivity index is 1.29. The number of aryl methyl sites for hydroxylation is 1. The normalized spacial score (nSPS) is 13.5. The average Bonchev–Trinajstić information content (AvgIpc) is 2.93. The highest BCUT2D eigenvalue weighted by atomic mass is 19.1. The van der Waals surface area contributed by atoms with Crippen molar-refractivity contribution in [1.29, 1.82) is 0 Å². The van der Waals surface area contributed by atoms with Crippen molar-refractivity contribution in [3.05, 3.63) is 113 Å². The number of anilines is 1. The van der Waals surface area contributed by atoms with Crippen molar-refractivity contribution in [3.63, 3.8) is 0 Å². The summed E-state index contributed by atoms with van der Waals surface area (Å²) >= 11 is 0. The smallest absolute Gasteiger partial charge is 0.254 e. The molecule has 0 radical (unpaired) electrons. The van der Waals surface area contributed by atoms with Crippen LogP contribution in [0.25, 0.3) is 11.3 Å².